The van der Waals surface area contributed by atoms with Gasteiger partial charge in [0.25, 0.3) is 0 Å². The van der Waals surface area contributed by atoms with Gasteiger partial charge < -0.3 is 5.32 Å². The van der Waals surface area contributed by atoms with Gasteiger partial charge in [-0.05, 0) is 37.1 Å². The zero-order valence-electron chi connectivity index (χ0n) is 11.2. The third kappa shape index (κ3) is 2.61. The van der Waals surface area contributed by atoms with Crippen molar-refractivity contribution >= 4 is 11.3 Å². The summed E-state index contributed by atoms with van der Waals surface area (Å²) in [5.74, 6) is 0.609. The molecule has 102 valence electrons. The summed E-state index contributed by atoms with van der Waals surface area (Å²) >= 11 is 0. The molecule has 5 heteroatoms. The van der Waals surface area contributed by atoms with Gasteiger partial charge >= 0.3 is 0 Å². The number of hydrogen-bond acceptors (Lipinski definition) is 3. The van der Waals surface area contributed by atoms with Crippen LogP contribution < -0.4 is 5.32 Å². The fraction of sp³-hybridized carbons (Fsp3) is 0.200. The number of aromatic nitrogens is 3. The Morgan fingerprint density at radius 3 is 2.85 bits per heavy atom. The van der Waals surface area contributed by atoms with Crippen LogP contribution >= 0.6 is 0 Å². The maximum Gasteiger partial charge on any atom is 0.152 e. The molecule has 0 saturated carbocycles. The summed E-state index contributed by atoms with van der Waals surface area (Å²) in [5, 5.41) is 7.64. The van der Waals surface area contributed by atoms with Crippen molar-refractivity contribution in [2.75, 3.05) is 11.9 Å². The molecule has 3 rings (SSSR count). The minimum Gasteiger partial charge on any atom is -0.368 e. The molecule has 0 aliphatic carbocycles. The number of nitrogens with zero attached hydrogens (tertiary/aromatic N) is 3. The molecule has 0 aliphatic heterocycles. The molecule has 2 aromatic heterocycles. The van der Waals surface area contributed by atoms with Crippen molar-refractivity contribution in [3.05, 3.63) is 59.8 Å². The molecule has 0 bridgehead atoms. The number of hydrogen-bond donors (Lipinski definition) is 1. The maximum absolute atomic E-state index is 12.8. The Kier molecular flexibility index (Phi) is 3.33. The molecule has 20 heavy (non-hydrogen) atoms. The monoisotopic (exact) mass is 270 g/mol. The van der Waals surface area contributed by atoms with Crippen LogP contribution in [0.3, 0.4) is 0 Å². The van der Waals surface area contributed by atoms with Gasteiger partial charge in [0.05, 0.1) is 5.69 Å². The van der Waals surface area contributed by atoms with Crippen molar-refractivity contribution in [2.24, 2.45) is 0 Å². The van der Waals surface area contributed by atoms with Crippen LogP contribution in [0.5, 0.6) is 0 Å². The molecule has 1 aromatic carbocycles. The standard InChI is InChI=1S/C15H15FN4/c1-11-10-14-15(18-8-9-20(14)19-11)17-7-6-12-2-4-13(16)5-3-12/h2-5,8-10H,6-7H2,1H3,(H,17,18). The summed E-state index contributed by atoms with van der Waals surface area (Å²) in [7, 11) is 0. The molecular formula is C15H15FN4. The Morgan fingerprint density at radius 1 is 1.25 bits per heavy atom. The van der Waals surface area contributed by atoms with Gasteiger partial charge in [-0.15, -0.1) is 0 Å². The highest BCUT2D eigenvalue weighted by Gasteiger charge is 2.04. The Morgan fingerprint density at radius 2 is 2.05 bits per heavy atom. The predicted molar refractivity (Wildman–Crippen MR) is 76.3 cm³/mol. The molecule has 0 fully saturated rings. The van der Waals surface area contributed by atoms with E-state index < -0.39 is 0 Å². The van der Waals surface area contributed by atoms with Crippen molar-refractivity contribution < 1.29 is 4.39 Å². The van der Waals surface area contributed by atoms with E-state index in [2.05, 4.69) is 15.4 Å². The highest BCUT2D eigenvalue weighted by atomic mass is 19.1. The van der Waals surface area contributed by atoms with E-state index in [0.29, 0.717) is 0 Å². The smallest absolute Gasteiger partial charge is 0.152 e. The topological polar surface area (TPSA) is 42.2 Å². The van der Waals surface area contributed by atoms with Crippen LogP contribution in [-0.2, 0) is 6.42 Å². The highest BCUT2D eigenvalue weighted by molar-refractivity contribution is 5.67. The molecule has 1 N–H and O–H groups in total. The predicted octanol–water partition coefficient (Wildman–Crippen LogP) is 2.83. The number of rotatable bonds is 4. The molecule has 0 amide bonds. The number of benzene rings is 1. The fourth-order valence-electron chi connectivity index (χ4n) is 2.16. The average molecular weight is 270 g/mol. The minimum absolute atomic E-state index is 0.206. The first-order valence-electron chi connectivity index (χ1n) is 6.52. The molecule has 2 heterocycles. The number of anilines is 1. The Labute approximate surface area is 116 Å². The Balaban J connectivity index is 1.69. The first kappa shape index (κ1) is 12.6. The zero-order valence-corrected chi connectivity index (χ0v) is 11.2. The second-order valence-electron chi connectivity index (χ2n) is 4.69. The van der Waals surface area contributed by atoms with Crippen molar-refractivity contribution in [3.63, 3.8) is 0 Å². The summed E-state index contributed by atoms with van der Waals surface area (Å²) in [6, 6.07) is 8.55. The Bertz CT molecular complexity index is 718. The van der Waals surface area contributed by atoms with E-state index in [1.54, 1.807) is 18.3 Å². The van der Waals surface area contributed by atoms with Crippen LogP contribution in [-0.4, -0.2) is 21.1 Å². The molecular weight excluding hydrogens is 255 g/mol. The number of aryl methyl sites for hydroxylation is 1. The maximum atomic E-state index is 12.8. The lowest BCUT2D eigenvalue weighted by Crippen LogP contribution is -2.07. The quantitative estimate of drug-likeness (QED) is 0.792. The minimum atomic E-state index is -0.206. The van der Waals surface area contributed by atoms with E-state index in [1.165, 1.54) is 12.1 Å². The molecule has 0 aliphatic rings. The van der Waals surface area contributed by atoms with E-state index >= 15 is 0 Å². The lowest BCUT2D eigenvalue weighted by atomic mass is 10.1. The summed E-state index contributed by atoms with van der Waals surface area (Å²) < 4.78 is 14.6. The van der Waals surface area contributed by atoms with E-state index in [1.807, 2.05) is 23.7 Å². The SMILES string of the molecule is Cc1cc2c(NCCc3ccc(F)cc3)nccn2n1. The molecule has 0 radical (unpaired) electrons. The normalized spacial score (nSPS) is 10.9. The van der Waals surface area contributed by atoms with Crippen LogP contribution in [0.15, 0.2) is 42.7 Å². The van der Waals surface area contributed by atoms with Gasteiger partial charge in [-0.3, -0.25) is 0 Å². The van der Waals surface area contributed by atoms with Crippen LogP contribution in [0.2, 0.25) is 0 Å². The van der Waals surface area contributed by atoms with E-state index in [4.69, 9.17) is 0 Å². The summed E-state index contributed by atoms with van der Waals surface area (Å²) in [6.07, 6.45) is 4.36. The second kappa shape index (κ2) is 5.28. The highest BCUT2D eigenvalue weighted by Crippen LogP contribution is 2.14. The lowest BCUT2D eigenvalue weighted by molar-refractivity contribution is 0.627. The van der Waals surface area contributed by atoms with Crippen molar-refractivity contribution in [3.8, 4) is 0 Å². The van der Waals surface area contributed by atoms with Gasteiger partial charge in [0.15, 0.2) is 5.82 Å². The molecule has 0 saturated heterocycles. The second-order valence-corrected chi connectivity index (χ2v) is 4.69. The summed E-state index contributed by atoms with van der Waals surface area (Å²) in [6.45, 7) is 2.69. The number of halogens is 1. The van der Waals surface area contributed by atoms with E-state index in [-0.39, 0.29) is 5.82 Å². The van der Waals surface area contributed by atoms with Gasteiger partial charge in [0.2, 0.25) is 0 Å². The molecule has 4 nitrogen and oxygen atoms in total. The number of nitrogens with one attached hydrogen (secondary N) is 1. The van der Waals surface area contributed by atoms with Gasteiger partial charge in [-0.2, -0.15) is 5.10 Å². The fourth-order valence-corrected chi connectivity index (χ4v) is 2.16. The van der Waals surface area contributed by atoms with Gasteiger partial charge in [-0.1, -0.05) is 12.1 Å². The molecule has 0 unspecified atom stereocenters. The van der Waals surface area contributed by atoms with Gasteiger partial charge in [0, 0.05) is 18.9 Å². The first-order valence-corrected chi connectivity index (χ1v) is 6.52. The van der Waals surface area contributed by atoms with Crippen LogP contribution in [0.4, 0.5) is 10.2 Å². The van der Waals surface area contributed by atoms with Crippen LogP contribution in [0, 0.1) is 12.7 Å². The first-order chi connectivity index (χ1) is 9.72. The molecule has 0 spiro atoms. The van der Waals surface area contributed by atoms with Gasteiger partial charge in [-0.25, -0.2) is 13.9 Å². The zero-order chi connectivity index (χ0) is 13.9. The summed E-state index contributed by atoms with van der Waals surface area (Å²) in [4.78, 5) is 4.33. The molecule has 3 aromatic rings. The van der Waals surface area contributed by atoms with Crippen LogP contribution in [0.25, 0.3) is 5.52 Å². The average Bonchev–Trinajstić information content (AvgIpc) is 2.82. The van der Waals surface area contributed by atoms with Crippen LogP contribution in [0.1, 0.15) is 11.3 Å². The van der Waals surface area contributed by atoms with Crippen molar-refractivity contribution in [1.29, 1.82) is 0 Å². The number of fused-ring (bicyclic) bond motifs is 1. The third-order valence-electron chi connectivity index (χ3n) is 3.13. The molecule has 0 atom stereocenters. The summed E-state index contributed by atoms with van der Waals surface area (Å²) in [5.41, 5.74) is 3.01. The largest absolute Gasteiger partial charge is 0.368 e. The van der Waals surface area contributed by atoms with E-state index in [9.17, 15) is 4.39 Å². The van der Waals surface area contributed by atoms with E-state index in [0.717, 1.165) is 35.6 Å². The van der Waals surface area contributed by atoms with Crippen molar-refractivity contribution in [2.45, 2.75) is 13.3 Å². The lowest BCUT2D eigenvalue weighted by Gasteiger charge is -2.06. The Hall–Kier alpha value is -2.43. The third-order valence-corrected chi connectivity index (χ3v) is 3.13. The van der Waals surface area contributed by atoms with Gasteiger partial charge in [0.1, 0.15) is 11.3 Å². The van der Waals surface area contributed by atoms with Crippen molar-refractivity contribution in [1.82, 2.24) is 14.6 Å².